The van der Waals surface area contributed by atoms with Crippen LogP contribution in [0, 0.1) is 0 Å². The third-order valence-electron chi connectivity index (χ3n) is 4.73. The van der Waals surface area contributed by atoms with Crippen LogP contribution in [0.1, 0.15) is 35.2 Å². The molecule has 3 rings (SSSR count). The molecule has 2 aromatic carbocycles. The quantitative estimate of drug-likeness (QED) is 0.667. The van der Waals surface area contributed by atoms with Crippen molar-refractivity contribution in [1.29, 1.82) is 0 Å². The molecule has 1 heterocycles. The van der Waals surface area contributed by atoms with Gasteiger partial charge in [-0.05, 0) is 42.7 Å². The molecule has 0 aliphatic carbocycles. The van der Waals surface area contributed by atoms with Crippen LogP contribution >= 0.6 is 0 Å². The summed E-state index contributed by atoms with van der Waals surface area (Å²) in [6.07, 6.45) is 4.56. The Kier molecular flexibility index (Phi) is 7.06. The largest absolute Gasteiger partial charge is 0.489 e. The van der Waals surface area contributed by atoms with Gasteiger partial charge in [-0.2, -0.15) is 0 Å². The molecule has 6 nitrogen and oxygen atoms in total. The lowest BCUT2D eigenvalue weighted by atomic mass is 10.1. The average molecular weight is 415 g/mol. The van der Waals surface area contributed by atoms with Crippen LogP contribution in [-0.4, -0.2) is 38.3 Å². The van der Waals surface area contributed by atoms with Crippen LogP contribution in [0.4, 0.5) is 5.69 Å². The maximum absolute atomic E-state index is 12.6. The average Bonchev–Trinajstić information content (AvgIpc) is 2.73. The number of nitrogens with zero attached hydrogens (tertiary/aromatic N) is 1. The monoisotopic (exact) mass is 414 g/mol. The molecule has 154 valence electrons. The van der Waals surface area contributed by atoms with E-state index in [1.165, 1.54) is 0 Å². The summed E-state index contributed by atoms with van der Waals surface area (Å²) in [5, 5.41) is 2.82. The number of ether oxygens (including phenoxy) is 1. The van der Waals surface area contributed by atoms with Crippen molar-refractivity contribution >= 4 is 21.6 Å². The molecular weight excluding hydrogens is 388 g/mol. The standard InChI is InChI=1S/C22H26N2O4S/c1-2-15-28-21-8-6-7-20(16-21)23-22(25)19-11-9-18(10-12-19)17-29(26,27)24-13-4-3-5-14-24/h2,6-12,16H,1,3-5,13-15,17H2,(H,23,25). The third-order valence-corrected chi connectivity index (χ3v) is 6.58. The second-order valence-corrected chi connectivity index (χ2v) is 8.96. The van der Waals surface area contributed by atoms with Crippen LogP contribution in [-0.2, 0) is 15.8 Å². The smallest absolute Gasteiger partial charge is 0.255 e. The minimum Gasteiger partial charge on any atom is -0.489 e. The molecule has 0 aromatic heterocycles. The fraction of sp³-hybridized carbons (Fsp3) is 0.318. The first-order valence-corrected chi connectivity index (χ1v) is 11.3. The molecule has 0 spiro atoms. The van der Waals surface area contributed by atoms with Gasteiger partial charge in [-0.15, -0.1) is 0 Å². The highest BCUT2D eigenvalue weighted by Crippen LogP contribution is 2.20. The molecule has 0 unspecified atom stereocenters. The number of carbonyl (C=O) groups excluding carboxylic acids is 1. The molecule has 1 amide bonds. The van der Waals surface area contributed by atoms with Gasteiger partial charge < -0.3 is 10.1 Å². The number of nitrogens with one attached hydrogen (secondary N) is 1. The lowest BCUT2D eigenvalue weighted by Gasteiger charge is -2.25. The highest BCUT2D eigenvalue weighted by Gasteiger charge is 2.24. The molecule has 0 atom stereocenters. The number of sulfonamides is 1. The maximum atomic E-state index is 12.6. The molecule has 1 aliphatic rings. The summed E-state index contributed by atoms with van der Waals surface area (Å²) in [7, 11) is -3.32. The van der Waals surface area contributed by atoms with Crippen LogP contribution in [0.5, 0.6) is 5.75 Å². The molecule has 1 fully saturated rings. The van der Waals surface area contributed by atoms with E-state index in [0.29, 0.717) is 42.3 Å². The van der Waals surface area contributed by atoms with Gasteiger partial charge in [0, 0.05) is 30.4 Å². The molecule has 0 radical (unpaired) electrons. The summed E-state index contributed by atoms with van der Waals surface area (Å²) in [6.45, 7) is 5.19. The third kappa shape index (κ3) is 5.92. The van der Waals surface area contributed by atoms with E-state index >= 15 is 0 Å². The van der Waals surface area contributed by atoms with Gasteiger partial charge in [0.2, 0.25) is 10.0 Å². The normalized spacial score (nSPS) is 14.9. The van der Waals surface area contributed by atoms with Crippen LogP contribution in [0.2, 0.25) is 0 Å². The predicted octanol–water partition coefficient (Wildman–Crippen LogP) is 3.82. The van der Waals surface area contributed by atoms with Crippen molar-refractivity contribution in [1.82, 2.24) is 4.31 Å². The van der Waals surface area contributed by atoms with E-state index in [1.807, 2.05) is 0 Å². The molecule has 7 heteroatoms. The van der Waals surface area contributed by atoms with Gasteiger partial charge in [0.1, 0.15) is 12.4 Å². The first-order chi connectivity index (χ1) is 14.0. The van der Waals surface area contributed by atoms with E-state index in [9.17, 15) is 13.2 Å². The Hall–Kier alpha value is -2.64. The van der Waals surface area contributed by atoms with Crippen molar-refractivity contribution in [3.05, 3.63) is 72.3 Å². The van der Waals surface area contributed by atoms with E-state index in [1.54, 1.807) is 58.9 Å². The highest BCUT2D eigenvalue weighted by molar-refractivity contribution is 7.88. The summed E-state index contributed by atoms with van der Waals surface area (Å²) < 4.78 is 32.1. The van der Waals surface area contributed by atoms with Gasteiger partial charge in [0.25, 0.3) is 5.91 Å². The Bertz CT molecular complexity index is 949. The zero-order valence-corrected chi connectivity index (χ0v) is 17.2. The molecule has 1 N–H and O–H groups in total. The van der Waals surface area contributed by atoms with Crippen molar-refractivity contribution < 1.29 is 17.9 Å². The van der Waals surface area contributed by atoms with Crippen LogP contribution in [0.25, 0.3) is 0 Å². The number of carbonyl (C=O) groups is 1. The predicted molar refractivity (Wildman–Crippen MR) is 115 cm³/mol. The SMILES string of the molecule is C=CCOc1cccc(NC(=O)c2ccc(CS(=O)(=O)N3CCCCC3)cc2)c1. The number of hydrogen-bond acceptors (Lipinski definition) is 4. The number of hydrogen-bond donors (Lipinski definition) is 1. The fourth-order valence-corrected chi connectivity index (χ4v) is 4.83. The van der Waals surface area contributed by atoms with Gasteiger partial charge >= 0.3 is 0 Å². The van der Waals surface area contributed by atoms with Gasteiger partial charge in [0.15, 0.2) is 0 Å². The molecule has 0 saturated carbocycles. The Labute approximate surface area is 172 Å². The number of amides is 1. The van der Waals surface area contributed by atoms with Gasteiger partial charge in [-0.25, -0.2) is 12.7 Å². The van der Waals surface area contributed by atoms with E-state index in [2.05, 4.69) is 11.9 Å². The molecule has 1 aliphatic heterocycles. The zero-order chi connectivity index (χ0) is 20.7. The zero-order valence-electron chi connectivity index (χ0n) is 16.3. The molecule has 0 bridgehead atoms. The summed E-state index contributed by atoms with van der Waals surface area (Å²) >= 11 is 0. The molecule has 29 heavy (non-hydrogen) atoms. The maximum Gasteiger partial charge on any atom is 0.255 e. The second kappa shape index (κ2) is 9.71. The second-order valence-electron chi connectivity index (χ2n) is 6.99. The van der Waals surface area contributed by atoms with Crippen molar-refractivity contribution in [2.45, 2.75) is 25.0 Å². The Morgan fingerprint density at radius 2 is 1.83 bits per heavy atom. The molecular formula is C22H26N2O4S. The van der Waals surface area contributed by atoms with Crippen LogP contribution in [0.3, 0.4) is 0 Å². The van der Waals surface area contributed by atoms with E-state index in [0.717, 1.165) is 19.3 Å². The number of benzene rings is 2. The fourth-order valence-electron chi connectivity index (χ4n) is 3.22. The van der Waals surface area contributed by atoms with Gasteiger partial charge in [-0.1, -0.05) is 37.3 Å². The highest BCUT2D eigenvalue weighted by atomic mass is 32.2. The Morgan fingerprint density at radius 1 is 1.10 bits per heavy atom. The van der Waals surface area contributed by atoms with Crippen molar-refractivity contribution in [3.8, 4) is 5.75 Å². The minimum atomic E-state index is -3.32. The minimum absolute atomic E-state index is 0.0441. The van der Waals surface area contributed by atoms with E-state index in [4.69, 9.17) is 4.74 Å². The summed E-state index contributed by atoms with van der Waals surface area (Å²) in [6, 6.07) is 13.8. The lowest BCUT2D eigenvalue weighted by Crippen LogP contribution is -2.36. The Balaban J connectivity index is 1.62. The van der Waals surface area contributed by atoms with Crippen molar-refractivity contribution in [2.75, 3.05) is 25.0 Å². The summed E-state index contributed by atoms with van der Waals surface area (Å²) in [5.41, 5.74) is 1.75. The number of piperidine rings is 1. The van der Waals surface area contributed by atoms with E-state index in [-0.39, 0.29) is 11.7 Å². The van der Waals surface area contributed by atoms with Gasteiger partial charge in [-0.3, -0.25) is 4.79 Å². The summed E-state index contributed by atoms with van der Waals surface area (Å²) in [5.74, 6) is 0.328. The van der Waals surface area contributed by atoms with Crippen molar-refractivity contribution in [3.63, 3.8) is 0 Å². The number of anilines is 1. The number of rotatable bonds is 8. The molecule has 1 saturated heterocycles. The van der Waals surface area contributed by atoms with Gasteiger partial charge in [0.05, 0.1) is 5.75 Å². The van der Waals surface area contributed by atoms with E-state index < -0.39 is 10.0 Å². The van der Waals surface area contributed by atoms with Crippen LogP contribution < -0.4 is 10.1 Å². The summed E-state index contributed by atoms with van der Waals surface area (Å²) in [4.78, 5) is 12.5. The topological polar surface area (TPSA) is 75.7 Å². The lowest BCUT2D eigenvalue weighted by molar-refractivity contribution is 0.102. The first kappa shape index (κ1) is 21.1. The Morgan fingerprint density at radius 3 is 2.52 bits per heavy atom. The van der Waals surface area contributed by atoms with Crippen LogP contribution in [0.15, 0.2) is 61.2 Å². The van der Waals surface area contributed by atoms with Crippen molar-refractivity contribution in [2.24, 2.45) is 0 Å². The molecule has 2 aromatic rings. The first-order valence-electron chi connectivity index (χ1n) is 9.70.